The molecule has 0 saturated heterocycles. The summed E-state index contributed by atoms with van der Waals surface area (Å²) in [6.45, 7) is 0. The van der Waals surface area contributed by atoms with Crippen LogP contribution in [0.3, 0.4) is 0 Å². The first-order valence-electron chi connectivity index (χ1n) is 19.2. The lowest BCUT2D eigenvalue weighted by atomic mass is 9.95. The summed E-state index contributed by atoms with van der Waals surface area (Å²) >= 11 is 0. The van der Waals surface area contributed by atoms with Crippen LogP contribution in [0.5, 0.6) is 0 Å². The van der Waals surface area contributed by atoms with Crippen LogP contribution in [-0.2, 0) is 0 Å². The summed E-state index contributed by atoms with van der Waals surface area (Å²) in [4.78, 5) is 15.3. The number of hydrogen-bond acceptors (Lipinski definition) is 4. The normalized spacial score (nSPS) is 11.5. The van der Waals surface area contributed by atoms with E-state index >= 15 is 0 Å². The second-order valence-corrected chi connectivity index (χ2v) is 14.4. The van der Waals surface area contributed by atoms with Crippen molar-refractivity contribution in [3.05, 3.63) is 200 Å². The Morgan fingerprint density at radius 3 is 1.63 bits per heavy atom. The van der Waals surface area contributed by atoms with E-state index in [2.05, 4.69) is 152 Å². The lowest BCUT2D eigenvalue weighted by Gasteiger charge is -2.10. The highest BCUT2D eigenvalue weighted by Gasteiger charge is 2.19. The molecule has 0 aliphatic carbocycles. The Balaban J connectivity index is 1.00. The molecule has 0 bridgehead atoms. The zero-order chi connectivity index (χ0) is 37.7. The van der Waals surface area contributed by atoms with E-state index in [1.165, 1.54) is 32.7 Å². The number of nitrogens with zero attached hydrogens (tertiary/aromatic N) is 3. The smallest absolute Gasteiger partial charge is 0.164 e. The molecule has 2 aromatic heterocycles. The van der Waals surface area contributed by atoms with Crippen molar-refractivity contribution in [3.8, 4) is 67.5 Å². The molecule has 11 aromatic rings. The highest BCUT2D eigenvalue weighted by molar-refractivity contribution is 6.13. The lowest BCUT2D eigenvalue weighted by molar-refractivity contribution is 0.669. The number of rotatable bonds is 6. The summed E-state index contributed by atoms with van der Waals surface area (Å²) in [7, 11) is 0. The van der Waals surface area contributed by atoms with Crippen LogP contribution in [0.15, 0.2) is 205 Å². The van der Waals surface area contributed by atoms with Gasteiger partial charge in [0, 0.05) is 27.5 Å². The van der Waals surface area contributed by atoms with Gasteiger partial charge in [-0.15, -0.1) is 0 Å². The van der Waals surface area contributed by atoms with E-state index in [4.69, 9.17) is 19.4 Å². The van der Waals surface area contributed by atoms with E-state index < -0.39 is 0 Å². The molecule has 0 spiro atoms. The summed E-state index contributed by atoms with van der Waals surface area (Å²) in [5, 5.41) is 7.04. The van der Waals surface area contributed by atoms with Crippen molar-refractivity contribution in [3.63, 3.8) is 0 Å². The van der Waals surface area contributed by atoms with Crippen molar-refractivity contribution in [1.82, 2.24) is 15.0 Å². The quantitative estimate of drug-likeness (QED) is 0.160. The molecular weight excluding hydrogens is 695 g/mol. The highest BCUT2D eigenvalue weighted by atomic mass is 16.3. The molecule has 0 N–H and O–H groups in total. The van der Waals surface area contributed by atoms with Crippen molar-refractivity contribution in [2.45, 2.75) is 0 Å². The van der Waals surface area contributed by atoms with Crippen molar-refractivity contribution in [2.24, 2.45) is 0 Å². The standard InChI is InChI=1S/C53H33N3O/c1-3-11-34(12-4-1)39-16-9-17-43(32-39)52-54-51(38-14-5-2-6-15-38)55-53(56-52)46-19-10-20-49-50(46)47-33-41(28-30-48(47)57-49)36-23-21-35(22-24-36)40-27-29-45-42(31-40)26-25-37-13-7-8-18-44(37)45/h1-33H. The number of benzene rings is 9. The first kappa shape index (κ1) is 32.7. The molecule has 9 aromatic carbocycles. The van der Waals surface area contributed by atoms with Crippen molar-refractivity contribution >= 4 is 43.5 Å². The zero-order valence-electron chi connectivity index (χ0n) is 30.8. The van der Waals surface area contributed by atoms with Crippen LogP contribution in [0, 0.1) is 0 Å². The van der Waals surface area contributed by atoms with Crippen molar-refractivity contribution in [2.75, 3.05) is 0 Å². The van der Waals surface area contributed by atoms with Crippen LogP contribution >= 0.6 is 0 Å². The molecule has 0 fully saturated rings. The summed E-state index contributed by atoms with van der Waals surface area (Å²) < 4.78 is 6.47. The van der Waals surface area contributed by atoms with Crippen LogP contribution in [0.1, 0.15) is 0 Å². The van der Waals surface area contributed by atoms with Crippen LogP contribution in [0.4, 0.5) is 0 Å². The Hall–Kier alpha value is -7.69. The number of fused-ring (bicyclic) bond motifs is 6. The molecule has 0 aliphatic rings. The molecule has 0 saturated carbocycles. The Morgan fingerprint density at radius 2 is 0.825 bits per heavy atom. The van der Waals surface area contributed by atoms with Gasteiger partial charge in [-0.25, -0.2) is 15.0 Å². The van der Waals surface area contributed by atoms with Gasteiger partial charge in [-0.3, -0.25) is 0 Å². The predicted octanol–water partition coefficient (Wildman–Crippen LogP) is 14.1. The van der Waals surface area contributed by atoms with Gasteiger partial charge < -0.3 is 4.42 Å². The SMILES string of the molecule is c1ccc(-c2cccc(-c3nc(-c4ccccc4)nc(-c4cccc5oc6ccc(-c7ccc(-c8ccc9c(ccc%10ccccc%109)c8)cc7)cc6c45)n3)c2)cc1. The van der Waals surface area contributed by atoms with Gasteiger partial charge >= 0.3 is 0 Å². The number of furan rings is 1. The average Bonchev–Trinajstić information content (AvgIpc) is 3.68. The number of aromatic nitrogens is 3. The monoisotopic (exact) mass is 727 g/mol. The Morgan fingerprint density at radius 1 is 0.281 bits per heavy atom. The van der Waals surface area contributed by atoms with Crippen molar-refractivity contribution in [1.29, 1.82) is 0 Å². The maximum absolute atomic E-state index is 6.47. The topological polar surface area (TPSA) is 51.8 Å². The summed E-state index contributed by atoms with van der Waals surface area (Å²) in [6.07, 6.45) is 0. The second kappa shape index (κ2) is 13.6. The minimum atomic E-state index is 0.593. The fourth-order valence-corrected chi connectivity index (χ4v) is 8.05. The highest BCUT2D eigenvalue weighted by Crippen LogP contribution is 2.39. The molecule has 0 amide bonds. The van der Waals surface area contributed by atoms with Crippen LogP contribution in [0.2, 0.25) is 0 Å². The molecule has 0 atom stereocenters. The Kier molecular flexibility index (Phi) is 7.78. The molecule has 4 nitrogen and oxygen atoms in total. The van der Waals surface area contributed by atoms with Gasteiger partial charge in [0.25, 0.3) is 0 Å². The summed E-state index contributed by atoms with van der Waals surface area (Å²) in [5.41, 5.74) is 11.2. The summed E-state index contributed by atoms with van der Waals surface area (Å²) in [6, 6.07) is 70.0. The van der Waals surface area contributed by atoms with Gasteiger partial charge in [0.2, 0.25) is 0 Å². The van der Waals surface area contributed by atoms with E-state index in [0.29, 0.717) is 17.5 Å². The third-order valence-corrected chi connectivity index (χ3v) is 10.9. The van der Waals surface area contributed by atoms with Gasteiger partial charge in [-0.1, -0.05) is 170 Å². The maximum Gasteiger partial charge on any atom is 0.164 e. The number of hydrogen-bond donors (Lipinski definition) is 0. The first-order valence-corrected chi connectivity index (χ1v) is 19.2. The van der Waals surface area contributed by atoms with E-state index in [-0.39, 0.29) is 0 Å². The van der Waals surface area contributed by atoms with Gasteiger partial charge in [0.15, 0.2) is 17.5 Å². The molecule has 4 heteroatoms. The largest absolute Gasteiger partial charge is 0.456 e. The van der Waals surface area contributed by atoms with Crippen LogP contribution in [-0.4, -0.2) is 15.0 Å². The average molecular weight is 728 g/mol. The third kappa shape index (κ3) is 5.92. The van der Waals surface area contributed by atoms with Gasteiger partial charge in [0.05, 0.1) is 0 Å². The minimum absolute atomic E-state index is 0.593. The minimum Gasteiger partial charge on any atom is -0.456 e. The zero-order valence-corrected chi connectivity index (χ0v) is 30.8. The molecular formula is C53H33N3O. The molecule has 0 unspecified atom stereocenters. The molecule has 11 rings (SSSR count). The lowest BCUT2D eigenvalue weighted by Crippen LogP contribution is -2.00. The third-order valence-electron chi connectivity index (χ3n) is 10.9. The van der Waals surface area contributed by atoms with Crippen LogP contribution < -0.4 is 0 Å². The second-order valence-electron chi connectivity index (χ2n) is 14.4. The fourth-order valence-electron chi connectivity index (χ4n) is 8.05. The van der Waals surface area contributed by atoms with Gasteiger partial charge in [-0.2, -0.15) is 0 Å². The Labute approximate surface area is 329 Å². The maximum atomic E-state index is 6.47. The molecule has 266 valence electrons. The van der Waals surface area contributed by atoms with Crippen LogP contribution in [0.25, 0.3) is 111 Å². The van der Waals surface area contributed by atoms with Crippen molar-refractivity contribution < 1.29 is 4.42 Å². The summed E-state index contributed by atoms with van der Waals surface area (Å²) in [5.74, 6) is 1.82. The molecule has 57 heavy (non-hydrogen) atoms. The predicted molar refractivity (Wildman–Crippen MR) is 235 cm³/mol. The molecule has 0 aliphatic heterocycles. The molecule has 0 radical (unpaired) electrons. The fraction of sp³-hybridized carbons (Fsp3) is 0. The molecule has 2 heterocycles. The first-order chi connectivity index (χ1) is 28.2. The van der Waals surface area contributed by atoms with E-state index in [1.807, 2.05) is 48.5 Å². The van der Waals surface area contributed by atoms with E-state index in [0.717, 1.165) is 60.9 Å². The van der Waals surface area contributed by atoms with Gasteiger partial charge in [-0.05, 0) is 85.3 Å². The van der Waals surface area contributed by atoms with Gasteiger partial charge in [0.1, 0.15) is 11.2 Å². The van der Waals surface area contributed by atoms with E-state index in [1.54, 1.807) is 0 Å². The van der Waals surface area contributed by atoms with E-state index in [9.17, 15) is 0 Å². The Bertz CT molecular complexity index is 3280.